The van der Waals surface area contributed by atoms with Gasteiger partial charge in [0, 0.05) is 33.6 Å². The molecule has 0 aliphatic carbocycles. The first-order valence-corrected chi connectivity index (χ1v) is 12.9. The van der Waals surface area contributed by atoms with Crippen molar-refractivity contribution in [3.63, 3.8) is 0 Å². The Morgan fingerprint density at radius 2 is 1.59 bits per heavy atom. The van der Waals surface area contributed by atoms with Gasteiger partial charge in [0.2, 0.25) is 0 Å². The summed E-state index contributed by atoms with van der Waals surface area (Å²) in [5.74, 6) is 0.765. The van der Waals surface area contributed by atoms with Crippen LogP contribution in [-0.4, -0.2) is 24.5 Å². The lowest BCUT2D eigenvalue weighted by Crippen LogP contribution is -2.17. The Bertz CT molecular complexity index is 939. The summed E-state index contributed by atoms with van der Waals surface area (Å²) in [5, 5.41) is 0. The van der Waals surface area contributed by atoms with Crippen molar-refractivity contribution in [2.75, 3.05) is 7.05 Å². The van der Waals surface area contributed by atoms with Crippen LogP contribution in [0, 0.1) is 32.1 Å². The van der Waals surface area contributed by atoms with E-state index in [1.807, 2.05) is 18.4 Å². The standard InChI is InChI=1S/C29H44N2S/c1-19(29(7,8)9)13-11-12-14-25-15-17-26(18-16-25)28(31-22(4)21(3)30-10)27-20(2)23(5)32-24(27)6/h15-19,22H,11-14H2,1-10H3/b30-21+,31-28-. The topological polar surface area (TPSA) is 24.7 Å². The van der Waals surface area contributed by atoms with Gasteiger partial charge in [-0.3, -0.25) is 9.98 Å². The lowest BCUT2D eigenvalue weighted by molar-refractivity contribution is 0.241. The number of benzene rings is 1. The van der Waals surface area contributed by atoms with Crippen molar-refractivity contribution in [3.05, 3.63) is 56.3 Å². The van der Waals surface area contributed by atoms with Crippen molar-refractivity contribution in [2.45, 2.75) is 94.0 Å². The molecule has 1 heterocycles. The molecule has 0 aliphatic rings. The second kappa shape index (κ2) is 11.4. The minimum atomic E-state index is 0.0680. The molecular weight excluding hydrogens is 408 g/mol. The fourth-order valence-corrected chi connectivity index (χ4v) is 5.01. The summed E-state index contributed by atoms with van der Waals surface area (Å²) in [6.45, 7) is 20.3. The smallest absolute Gasteiger partial charge is 0.0852 e. The van der Waals surface area contributed by atoms with Gasteiger partial charge < -0.3 is 0 Å². The minimum absolute atomic E-state index is 0.0680. The molecule has 0 fully saturated rings. The molecule has 0 N–H and O–H groups in total. The molecule has 2 aromatic rings. The monoisotopic (exact) mass is 452 g/mol. The molecule has 2 rings (SSSR count). The second-order valence-corrected chi connectivity index (χ2v) is 11.9. The molecule has 0 saturated carbocycles. The van der Waals surface area contributed by atoms with E-state index in [1.165, 1.54) is 51.3 Å². The van der Waals surface area contributed by atoms with E-state index >= 15 is 0 Å². The van der Waals surface area contributed by atoms with Gasteiger partial charge in [0.05, 0.1) is 11.8 Å². The molecule has 0 spiro atoms. The number of aliphatic imine (C=N–C) groups is 2. The van der Waals surface area contributed by atoms with E-state index in [0.29, 0.717) is 5.41 Å². The lowest BCUT2D eigenvalue weighted by Gasteiger charge is -2.27. The first-order chi connectivity index (χ1) is 15.0. The molecule has 0 amide bonds. The highest BCUT2D eigenvalue weighted by Crippen LogP contribution is 2.31. The van der Waals surface area contributed by atoms with Gasteiger partial charge in [-0.2, -0.15) is 0 Å². The third kappa shape index (κ3) is 6.88. The van der Waals surface area contributed by atoms with Gasteiger partial charge in [-0.1, -0.05) is 64.8 Å². The van der Waals surface area contributed by atoms with Crippen molar-refractivity contribution in [2.24, 2.45) is 21.3 Å². The van der Waals surface area contributed by atoms with E-state index in [-0.39, 0.29) is 6.04 Å². The maximum atomic E-state index is 5.16. The molecule has 0 radical (unpaired) electrons. The van der Waals surface area contributed by atoms with Crippen LogP contribution in [-0.2, 0) is 6.42 Å². The van der Waals surface area contributed by atoms with Crippen LogP contribution in [0.2, 0.25) is 0 Å². The van der Waals surface area contributed by atoms with Crippen LogP contribution < -0.4 is 0 Å². The Balaban J connectivity index is 2.22. The molecule has 0 aliphatic heterocycles. The van der Waals surface area contributed by atoms with Crippen LogP contribution in [0.5, 0.6) is 0 Å². The molecule has 0 bridgehead atoms. The third-order valence-electron chi connectivity index (χ3n) is 7.14. The first-order valence-electron chi connectivity index (χ1n) is 12.1. The highest BCUT2D eigenvalue weighted by Gasteiger charge is 2.20. The van der Waals surface area contributed by atoms with Crippen molar-refractivity contribution >= 4 is 22.8 Å². The Labute approximate surface area is 201 Å². The largest absolute Gasteiger partial charge is 0.295 e. The normalized spacial score (nSPS) is 15.2. The summed E-state index contributed by atoms with van der Waals surface area (Å²) in [6.07, 6.45) is 5.01. The molecule has 2 atom stereocenters. The van der Waals surface area contributed by atoms with E-state index in [9.17, 15) is 0 Å². The first kappa shape index (κ1) is 26.5. The van der Waals surface area contributed by atoms with Gasteiger partial charge in [-0.05, 0) is 69.9 Å². The molecule has 0 saturated heterocycles. The zero-order chi connectivity index (χ0) is 24.1. The molecule has 176 valence electrons. The maximum Gasteiger partial charge on any atom is 0.0852 e. The van der Waals surface area contributed by atoms with Crippen molar-refractivity contribution in [1.29, 1.82) is 0 Å². The van der Waals surface area contributed by atoms with E-state index in [0.717, 1.165) is 23.8 Å². The van der Waals surface area contributed by atoms with Gasteiger partial charge >= 0.3 is 0 Å². The van der Waals surface area contributed by atoms with E-state index in [4.69, 9.17) is 4.99 Å². The molecular formula is C29H44N2S. The third-order valence-corrected chi connectivity index (χ3v) is 8.26. The van der Waals surface area contributed by atoms with Gasteiger partial charge in [-0.25, -0.2) is 0 Å². The summed E-state index contributed by atoms with van der Waals surface area (Å²) in [7, 11) is 1.85. The van der Waals surface area contributed by atoms with E-state index in [2.05, 4.69) is 91.6 Å². The van der Waals surface area contributed by atoms with Crippen LogP contribution in [0.15, 0.2) is 34.3 Å². The Hall–Kier alpha value is -1.74. The number of hydrogen-bond donors (Lipinski definition) is 0. The number of hydrogen-bond acceptors (Lipinski definition) is 3. The number of nitrogens with zero attached hydrogens (tertiary/aromatic N) is 2. The predicted octanol–water partition coefficient (Wildman–Crippen LogP) is 8.38. The van der Waals surface area contributed by atoms with Crippen LogP contribution in [0.3, 0.4) is 0 Å². The summed E-state index contributed by atoms with van der Waals surface area (Å²) in [5.41, 5.74) is 7.84. The number of aryl methyl sites for hydroxylation is 3. The van der Waals surface area contributed by atoms with Gasteiger partial charge in [0.1, 0.15) is 0 Å². The van der Waals surface area contributed by atoms with Crippen LogP contribution >= 0.6 is 11.3 Å². The van der Waals surface area contributed by atoms with E-state index in [1.54, 1.807) is 0 Å². The SMILES string of the molecule is C/N=C(\C)C(C)/N=C(/c1ccc(CCCCC(C)C(C)(C)C)cc1)c1c(C)sc(C)c1C. The summed E-state index contributed by atoms with van der Waals surface area (Å²) < 4.78 is 0. The Morgan fingerprint density at radius 1 is 0.969 bits per heavy atom. The predicted molar refractivity (Wildman–Crippen MR) is 145 cm³/mol. The van der Waals surface area contributed by atoms with Crippen LogP contribution in [0.1, 0.15) is 92.8 Å². The lowest BCUT2D eigenvalue weighted by atomic mass is 9.79. The maximum absolute atomic E-state index is 5.16. The number of rotatable bonds is 9. The van der Waals surface area contributed by atoms with E-state index < -0.39 is 0 Å². The van der Waals surface area contributed by atoms with Crippen LogP contribution in [0.4, 0.5) is 0 Å². The minimum Gasteiger partial charge on any atom is -0.295 e. The van der Waals surface area contributed by atoms with Gasteiger partial charge in [-0.15, -0.1) is 11.3 Å². The average molecular weight is 453 g/mol. The number of unbranched alkanes of at least 4 members (excludes halogenated alkanes) is 1. The molecule has 2 nitrogen and oxygen atoms in total. The Kier molecular flexibility index (Phi) is 9.45. The quantitative estimate of drug-likeness (QED) is 0.269. The number of thiophene rings is 1. The molecule has 32 heavy (non-hydrogen) atoms. The van der Waals surface area contributed by atoms with Crippen molar-refractivity contribution in [1.82, 2.24) is 0 Å². The second-order valence-electron chi connectivity index (χ2n) is 10.4. The van der Waals surface area contributed by atoms with Crippen molar-refractivity contribution < 1.29 is 0 Å². The molecule has 2 unspecified atom stereocenters. The highest BCUT2D eigenvalue weighted by molar-refractivity contribution is 7.12. The highest BCUT2D eigenvalue weighted by atomic mass is 32.1. The molecule has 3 heteroatoms. The summed E-state index contributed by atoms with van der Waals surface area (Å²) >= 11 is 1.87. The average Bonchev–Trinajstić information content (AvgIpc) is 2.99. The fraction of sp³-hybridized carbons (Fsp3) is 0.586. The zero-order valence-corrected chi connectivity index (χ0v) is 22.9. The van der Waals surface area contributed by atoms with Gasteiger partial charge in [0.15, 0.2) is 0 Å². The summed E-state index contributed by atoms with van der Waals surface area (Å²) in [6, 6.07) is 9.20. The zero-order valence-electron chi connectivity index (χ0n) is 22.1. The fourth-order valence-electron chi connectivity index (χ4n) is 3.94. The van der Waals surface area contributed by atoms with Gasteiger partial charge in [0.25, 0.3) is 0 Å². The Morgan fingerprint density at radius 3 is 2.09 bits per heavy atom. The molecule has 1 aromatic heterocycles. The van der Waals surface area contributed by atoms with Crippen LogP contribution in [0.25, 0.3) is 0 Å². The summed E-state index contributed by atoms with van der Waals surface area (Å²) in [4.78, 5) is 12.3. The molecule has 1 aromatic carbocycles. The van der Waals surface area contributed by atoms with Crippen molar-refractivity contribution in [3.8, 4) is 0 Å².